The lowest BCUT2D eigenvalue weighted by Crippen LogP contribution is -2.48. The van der Waals surface area contributed by atoms with Gasteiger partial charge in [0, 0.05) is 44.0 Å². The van der Waals surface area contributed by atoms with Crippen LogP contribution >= 0.6 is 12.2 Å². The van der Waals surface area contributed by atoms with E-state index in [1.165, 1.54) is 0 Å². The Morgan fingerprint density at radius 1 is 0.971 bits per heavy atom. The molecule has 0 radical (unpaired) electrons. The van der Waals surface area contributed by atoms with Crippen molar-refractivity contribution in [2.24, 2.45) is 0 Å². The van der Waals surface area contributed by atoms with Crippen LogP contribution in [-0.2, 0) is 4.79 Å². The van der Waals surface area contributed by atoms with Crippen molar-refractivity contribution in [2.45, 2.75) is 13.3 Å². The van der Waals surface area contributed by atoms with Crippen LogP contribution in [0.2, 0.25) is 0 Å². The molecule has 1 aliphatic rings. The molecule has 2 N–H and O–H groups in total. The summed E-state index contributed by atoms with van der Waals surface area (Å²) in [6.07, 6.45) is 0.546. The Hall–Kier alpha value is -3.65. The second-order valence-electron chi connectivity index (χ2n) is 8.08. The molecule has 1 fully saturated rings. The van der Waals surface area contributed by atoms with E-state index in [0.29, 0.717) is 17.7 Å². The zero-order valence-electron chi connectivity index (χ0n) is 19.3. The highest BCUT2D eigenvalue weighted by Gasteiger charge is 2.20. The summed E-state index contributed by atoms with van der Waals surface area (Å²) in [6, 6.07) is 19.3. The number of carbonyl (C=O) groups excluding carboxylic acids is 2. The van der Waals surface area contributed by atoms with Crippen molar-refractivity contribution in [1.29, 1.82) is 0 Å². The van der Waals surface area contributed by atoms with Gasteiger partial charge >= 0.3 is 0 Å². The molecule has 0 bridgehead atoms. The Balaban J connectivity index is 1.36. The third-order valence-electron chi connectivity index (χ3n) is 5.96. The van der Waals surface area contributed by atoms with Crippen LogP contribution in [0.3, 0.4) is 0 Å². The number of piperazine rings is 1. The fourth-order valence-electron chi connectivity index (χ4n) is 4.09. The molecule has 0 aliphatic carbocycles. The maximum Gasteiger partial charge on any atom is 0.261 e. The van der Waals surface area contributed by atoms with E-state index < -0.39 is 0 Å². The highest BCUT2D eigenvalue weighted by atomic mass is 32.1. The number of rotatable bonds is 5. The van der Waals surface area contributed by atoms with Crippen LogP contribution < -0.4 is 20.3 Å². The minimum Gasteiger partial charge on any atom is -0.496 e. The highest BCUT2D eigenvalue weighted by Crippen LogP contribution is 2.26. The second-order valence-corrected chi connectivity index (χ2v) is 8.48. The molecule has 3 aromatic carbocycles. The normalized spacial score (nSPS) is 13.5. The van der Waals surface area contributed by atoms with Gasteiger partial charge in [0.25, 0.3) is 5.91 Å². The summed E-state index contributed by atoms with van der Waals surface area (Å²) >= 11 is 5.36. The number of hydrogen-bond acceptors (Lipinski definition) is 5. The van der Waals surface area contributed by atoms with Gasteiger partial charge in [-0.1, -0.05) is 31.2 Å². The lowest BCUT2D eigenvalue weighted by molar-refractivity contribution is -0.131. The summed E-state index contributed by atoms with van der Waals surface area (Å²) in [5, 5.41) is 7.95. The van der Waals surface area contributed by atoms with E-state index in [1.54, 1.807) is 13.2 Å². The van der Waals surface area contributed by atoms with E-state index in [0.717, 1.165) is 48.3 Å². The van der Waals surface area contributed by atoms with Crippen LogP contribution in [0.15, 0.2) is 60.7 Å². The van der Waals surface area contributed by atoms with Gasteiger partial charge in [-0.15, -0.1) is 0 Å². The van der Waals surface area contributed by atoms with Crippen molar-refractivity contribution >= 4 is 51.3 Å². The van der Waals surface area contributed by atoms with Gasteiger partial charge in [-0.25, -0.2) is 0 Å². The molecule has 0 unspecified atom stereocenters. The van der Waals surface area contributed by atoms with Crippen LogP contribution in [0.4, 0.5) is 11.4 Å². The minimum atomic E-state index is -0.337. The van der Waals surface area contributed by atoms with Gasteiger partial charge in [-0.2, -0.15) is 0 Å². The van der Waals surface area contributed by atoms with Gasteiger partial charge in [0.15, 0.2) is 5.11 Å². The molecule has 7 nitrogen and oxygen atoms in total. The molecule has 1 aliphatic heterocycles. The van der Waals surface area contributed by atoms with E-state index in [9.17, 15) is 9.59 Å². The number of thiocarbonyl (C=S) groups is 1. The zero-order valence-corrected chi connectivity index (χ0v) is 20.2. The zero-order chi connectivity index (χ0) is 24.1. The van der Waals surface area contributed by atoms with Crippen molar-refractivity contribution in [1.82, 2.24) is 10.2 Å². The Bertz CT molecular complexity index is 1200. The standard InChI is InChI=1S/C26H28N4O3S/c1-3-24(31)30-14-12-29(13-15-30)21-10-8-20(9-11-21)27-26(34)28-25(32)22-16-18-6-4-5-7-19(18)17-23(22)33-2/h4-11,16-17H,3,12-15H2,1-2H3,(H2,27,28,32,34). The molecule has 0 aromatic heterocycles. The Kier molecular flexibility index (Phi) is 7.27. The molecule has 2 amide bonds. The Labute approximate surface area is 204 Å². The van der Waals surface area contributed by atoms with E-state index in [-0.39, 0.29) is 16.9 Å². The van der Waals surface area contributed by atoms with Crippen LogP contribution in [0.25, 0.3) is 10.8 Å². The number of ether oxygens (including phenoxy) is 1. The summed E-state index contributed by atoms with van der Waals surface area (Å²) in [5.74, 6) is 0.358. The van der Waals surface area contributed by atoms with Crippen LogP contribution in [0.1, 0.15) is 23.7 Å². The monoisotopic (exact) mass is 476 g/mol. The first-order chi connectivity index (χ1) is 16.5. The van der Waals surface area contributed by atoms with Crippen molar-refractivity contribution < 1.29 is 14.3 Å². The number of anilines is 2. The SMILES string of the molecule is CCC(=O)N1CCN(c2ccc(NC(=S)NC(=O)c3cc4ccccc4cc3OC)cc2)CC1. The lowest BCUT2D eigenvalue weighted by atomic mass is 10.1. The predicted octanol–water partition coefficient (Wildman–Crippen LogP) is 4.03. The number of amides is 2. The molecule has 1 heterocycles. The number of nitrogens with one attached hydrogen (secondary N) is 2. The van der Waals surface area contributed by atoms with Gasteiger partial charge in [0.2, 0.25) is 5.91 Å². The smallest absolute Gasteiger partial charge is 0.261 e. The number of fused-ring (bicyclic) bond motifs is 1. The number of hydrogen-bond donors (Lipinski definition) is 2. The first-order valence-corrected chi connectivity index (χ1v) is 11.7. The van der Waals surface area contributed by atoms with Gasteiger partial charge in [-0.3, -0.25) is 14.9 Å². The molecule has 8 heteroatoms. The molecular weight excluding hydrogens is 448 g/mol. The molecule has 0 atom stereocenters. The number of nitrogens with zero attached hydrogens (tertiary/aromatic N) is 2. The minimum absolute atomic E-state index is 0.205. The summed E-state index contributed by atoms with van der Waals surface area (Å²) < 4.78 is 5.42. The average molecular weight is 477 g/mol. The Morgan fingerprint density at radius 2 is 1.62 bits per heavy atom. The number of benzene rings is 3. The summed E-state index contributed by atoms with van der Waals surface area (Å²) in [6.45, 7) is 4.98. The first kappa shape index (κ1) is 23.5. The predicted molar refractivity (Wildman–Crippen MR) is 140 cm³/mol. The number of methoxy groups -OCH3 is 1. The van der Waals surface area contributed by atoms with Crippen molar-refractivity contribution in [3.8, 4) is 5.75 Å². The average Bonchev–Trinajstić information content (AvgIpc) is 2.87. The molecule has 176 valence electrons. The van der Waals surface area contributed by atoms with Gasteiger partial charge in [0.05, 0.1) is 12.7 Å². The third-order valence-corrected chi connectivity index (χ3v) is 6.17. The third kappa shape index (κ3) is 5.28. The number of carbonyl (C=O) groups is 2. The maximum absolute atomic E-state index is 12.9. The van der Waals surface area contributed by atoms with Gasteiger partial charge < -0.3 is 19.9 Å². The van der Waals surface area contributed by atoms with Gasteiger partial charge in [0.1, 0.15) is 5.75 Å². The fraction of sp³-hybridized carbons (Fsp3) is 0.269. The molecule has 34 heavy (non-hydrogen) atoms. The topological polar surface area (TPSA) is 73.9 Å². The van der Waals surface area contributed by atoms with Crippen LogP contribution in [0, 0.1) is 0 Å². The first-order valence-electron chi connectivity index (χ1n) is 11.3. The summed E-state index contributed by atoms with van der Waals surface area (Å²) in [7, 11) is 1.54. The van der Waals surface area contributed by atoms with Crippen LogP contribution in [-0.4, -0.2) is 55.1 Å². The van der Waals surface area contributed by atoms with Crippen molar-refractivity contribution in [3.05, 3.63) is 66.2 Å². The molecule has 3 aromatic rings. The quantitative estimate of drug-likeness (QED) is 0.542. The van der Waals surface area contributed by atoms with Crippen LogP contribution in [0.5, 0.6) is 5.75 Å². The largest absolute Gasteiger partial charge is 0.496 e. The fourth-order valence-corrected chi connectivity index (χ4v) is 4.30. The summed E-state index contributed by atoms with van der Waals surface area (Å²) in [4.78, 5) is 28.9. The lowest BCUT2D eigenvalue weighted by Gasteiger charge is -2.36. The van der Waals surface area contributed by atoms with Crippen molar-refractivity contribution in [3.63, 3.8) is 0 Å². The Morgan fingerprint density at radius 3 is 2.24 bits per heavy atom. The van der Waals surface area contributed by atoms with Crippen molar-refractivity contribution in [2.75, 3.05) is 43.5 Å². The van der Waals surface area contributed by atoms with E-state index in [1.807, 2.05) is 66.4 Å². The molecular formula is C26H28N4O3S. The summed E-state index contributed by atoms with van der Waals surface area (Å²) in [5.41, 5.74) is 2.28. The molecule has 1 saturated heterocycles. The molecule has 4 rings (SSSR count). The van der Waals surface area contributed by atoms with Gasteiger partial charge in [-0.05, 0) is 59.4 Å². The highest BCUT2D eigenvalue weighted by molar-refractivity contribution is 7.80. The van der Waals surface area contributed by atoms with E-state index >= 15 is 0 Å². The maximum atomic E-state index is 12.9. The van der Waals surface area contributed by atoms with E-state index in [2.05, 4.69) is 15.5 Å². The second kappa shape index (κ2) is 10.5. The van der Waals surface area contributed by atoms with E-state index in [4.69, 9.17) is 17.0 Å². The molecule has 0 saturated carbocycles. The molecule has 0 spiro atoms.